The summed E-state index contributed by atoms with van der Waals surface area (Å²) in [6.07, 6.45) is 5.34. The predicted molar refractivity (Wildman–Crippen MR) is 147 cm³/mol. The number of rotatable bonds is 7. The first-order chi connectivity index (χ1) is 18.1. The van der Waals surface area contributed by atoms with Crippen molar-refractivity contribution >= 4 is 34.9 Å². The number of halogens is 1. The van der Waals surface area contributed by atoms with Gasteiger partial charge in [0.1, 0.15) is 12.1 Å². The molecule has 0 aliphatic carbocycles. The van der Waals surface area contributed by atoms with E-state index in [1.807, 2.05) is 63.5 Å². The maximum Gasteiger partial charge on any atom is 0.327 e. The second-order valence-corrected chi connectivity index (χ2v) is 11.3. The van der Waals surface area contributed by atoms with Crippen molar-refractivity contribution in [3.63, 3.8) is 0 Å². The Balaban J connectivity index is 1.27. The number of esters is 1. The lowest BCUT2D eigenvalue weighted by Gasteiger charge is -2.42. The molecular weight excluding hydrogens is 506 g/mol. The highest BCUT2D eigenvalue weighted by Gasteiger charge is 2.36. The Morgan fingerprint density at radius 1 is 1.21 bits per heavy atom. The quantitative estimate of drug-likeness (QED) is 0.390. The number of aliphatic hydroxyl groups excluding tert-OH is 1. The number of hydrogen-bond acceptors (Lipinski definition) is 9. The zero-order chi connectivity index (χ0) is 26.9. The van der Waals surface area contributed by atoms with Gasteiger partial charge in [0, 0.05) is 35.9 Å². The fourth-order valence-electron chi connectivity index (χ4n) is 5.01. The normalized spacial score (nSPS) is 17.6. The molecule has 3 N–H and O–H groups in total. The number of carbonyl (C=O) groups excluding carboxylic acids is 1. The van der Waals surface area contributed by atoms with Crippen LogP contribution in [0.2, 0.25) is 5.02 Å². The first-order valence-corrected chi connectivity index (χ1v) is 13.2. The largest absolute Gasteiger partial charge is 0.459 e. The zero-order valence-electron chi connectivity index (χ0n) is 21.9. The SMILES string of the molecule is CC(C)(C)OC(=O)CN1C=C(Nc2nc3c(N4CCC(CO)(c5ccc(Cl)cc5)CC4)cccn3n2)CN1. The summed E-state index contributed by atoms with van der Waals surface area (Å²) in [6, 6.07) is 11.8. The van der Waals surface area contributed by atoms with Crippen LogP contribution in [0, 0.1) is 0 Å². The topological polar surface area (TPSA) is 107 Å². The summed E-state index contributed by atoms with van der Waals surface area (Å²) >= 11 is 6.08. The molecule has 0 atom stereocenters. The van der Waals surface area contributed by atoms with E-state index in [-0.39, 0.29) is 24.5 Å². The van der Waals surface area contributed by atoms with Crippen LogP contribution in [0.1, 0.15) is 39.2 Å². The standard InChI is InChI=1S/C27H34ClN7O3/c1-26(2,3)38-23(37)17-34-16-21(15-29-34)30-25-31-24-22(5-4-12-35(24)32-25)33-13-10-27(18-36,11-14-33)19-6-8-20(28)9-7-19/h4-9,12,16,29,36H,10-11,13-15,17-18H2,1-3H3,(H,30,32). The fraction of sp³-hybridized carbons (Fsp3) is 0.444. The average molecular weight is 540 g/mol. The van der Waals surface area contributed by atoms with Crippen LogP contribution < -0.4 is 15.6 Å². The van der Waals surface area contributed by atoms with Gasteiger partial charge in [-0.25, -0.2) is 9.94 Å². The summed E-state index contributed by atoms with van der Waals surface area (Å²) in [6.45, 7) is 7.83. The summed E-state index contributed by atoms with van der Waals surface area (Å²) in [5.41, 5.74) is 6.07. The predicted octanol–water partition coefficient (Wildman–Crippen LogP) is 3.33. The lowest BCUT2D eigenvalue weighted by molar-refractivity contribution is -0.155. The molecule has 2 aliphatic rings. The molecule has 0 amide bonds. The van der Waals surface area contributed by atoms with E-state index in [1.165, 1.54) is 0 Å². The molecule has 2 aromatic heterocycles. The van der Waals surface area contributed by atoms with E-state index in [0.717, 1.165) is 48.5 Å². The minimum Gasteiger partial charge on any atom is -0.459 e. The highest BCUT2D eigenvalue weighted by molar-refractivity contribution is 6.30. The molecule has 5 rings (SSSR count). The van der Waals surface area contributed by atoms with Crippen molar-refractivity contribution < 1.29 is 14.6 Å². The number of nitrogens with zero attached hydrogens (tertiary/aromatic N) is 5. The number of benzene rings is 1. The number of anilines is 2. The smallest absolute Gasteiger partial charge is 0.327 e. The third kappa shape index (κ3) is 5.72. The third-order valence-corrected chi connectivity index (χ3v) is 7.19. The minimum atomic E-state index is -0.524. The Bertz CT molecular complexity index is 1320. The lowest BCUT2D eigenvalue weighted by Crippen LogP contribution is -2.45. The summed E-state index contributed by atoms with van der Waals surface area (Å²) in [4.78, 5) is 19.2. The van der Waals surface area contributed by atoms with E-state index in [0.29, 0.717) is 17.5 Å². The van der Waals surface area contributed by atoms with Crippen LogP contribution in [-0.4, -0.2) is 69.1 Å². The van der Waals surface area contributed by atoms with Crippen molar-refractivity contribution in [3.05, 3.63) is 65.1 Å². The molecule has 202 valence electrons. The number of hydrogen-bond donors (Lipinski definition) is 3. The van der Waals surface area contributed by atoms with Crippen LogP contribution in [-0.2, 0) is 14.9 Å². The molecule has 1 saturated heterocycles. The van der Waals surface area contributed by atoms with Gasteiger partial charge in [0.2, 0.25) is 5.95 Å². The van der Waals surface area contributed by atoms with Crippen molar-refractivity contribution in [1.82, 2.24) is 25.0 Å². The van der Waals surface area contributed by atoms with E-state index >= 15 is 0 Å². The maximum absolute atomic E-state index is 12.1. The minimum absolute atomic E-state index is 0.0970. The van der Waals surface area contributed by atoms with E-state index in [9.17, 15) is 9.90 Å². The van der Waals surface area contributed by atoms with Gasteiger partial charge in [-0.2, -0.15) is 4.98 Å². The van der Waals surface area contributed by atoms with Crippen LogP contribution in [0.15, 0.2) is 54.5 Å². The molecule has 1 fully saturated rings. The van der Waals surface area contributed by atoms with Gasteiger partial charge in [0.05, 0.1) is 24.5 Å². The van der Waals surface area contributed by atoms with Crippen LogP contribution in [0.5, 0.6) is 0 Å². The number of aromatic nitrogens is 3. The molecule has 4 heterocycles. The first-order valence-electron chi connectivity index (χ1n) is 12.8. The zero-order valence-corrected chi connectivity index (χ0v) is 22.7. The Labute approximate surface area is 227 Å². The molecule has 0 saturated carbocycles. The number of carbonyl (C=O) groups is 1. The second-order valence-electron chi connectivity index (χ2n) is 10.9. The molecule has 0 radical (unpaired) electrons. The number of pyridine rings is 1. The summed E-state index contributed by atoms with van der Waals surface area (Å²) in [7, 11) is 0. The average Bonchev–Trinajstić information content (AvgIpc) is 3.49. The van der Waals surface area contributed by atoms with E-state index in [4.69, 9.17) is 21.3 Å². The number of fused-ring (bicyclic) bond motifs is 1. The van der Waals surface area contributed by atoms with Crippen LogP contribution in [0.25, 0.3) is 5.65 Å². The van der Waals surface area contributed by atoms with Gasteiger partial charge < -0.3 is 25.1 Å². The second kappa shape index (κ2) is 10.4. The highest BCUT2D eigenvalue weighted by atomic mass is 35.5. The molecule has 38 heavy (non-hydrogen) atoms. The van der Waals surface area contributed by atoms with E-state index in [1.54, 1.807) is 9.52 Å². The molecule has 0 unspecified atom stereocenters. The number of nitrogens with one attached hydrogen (secondary N) is 2. The van der Waals surface area contributed by atoms with E-state index < -0.39 is 5.60 Å². The summed E-state index contributed by atoms with van der Waals surface area (Å²) in [5.74, 6) is 0.174. The fourth-order valence-corrected chi connectivity index (χ4v) is 5.14. The Morgan fingerprint density at radius 3 is 2.63 bits per heavy atom. The van der Waals surface area contributed by atoms with Crippen molar-refractivity contribution in [1.29, 1.82) is 0 Å². The number of hydrazine groups is 1. The van der Waals surface area contributed by atoms with Gasteiger partial charge in [-0.05, 0) is 63.4 Å². The molecule has 10 nitrogen and oxygen atoms in total. The summed E-state index contributed by atoms with van der Waals surface area (Å²) in [5, 5.41) is 20.6. The van der Waals surface area contributed by atoms with Crippen LogP contribution in [0.4, 0.5) is 11.6 Å². The van der Waals surface area contributed by atoms with Gasteiger partial charge in [0.25, 0.3) is 0 Å². The number of aliphatic hydroxyl groups is 1. The van der Waals surface area contributed by atoms with Gasteiger partial charge in [0.15, 0.2) is 5.65 Å². The Hall–Kier alpha value is -3.34. The maximum atomic E-state index is 12.1. The van der Waals surface area contributed by atoms with Gasteiger partial charge in [-0.15, -0.1) is 5.10 Å². The monoisotopic (exact) mass is 539 g/mol. The molecule has 3 aromatic rings. The van der Waals surface area contributed by atoms with Gasteiger partial charge in [-0.3, -0.25) is 4.79 Å². The Kier molecular flexibility index (Phi) is 7.21. The molecule has 11 heteroatoms. The first kappa shape index (κ1) is 26.3. The van der Waals surface area contributed by atoms with Crippen molar-refractivity contribution in [2.24, 2.45) is 0 Å². The molecule has 1 aromatic carbocycles. The van der Waals surface area contributed by atoms with Crippen LogP contribution >= 0.6 is 11.6 Å². The Morgan fingerprint density at radius 2 is 1.95 bits per heavy atom. The molecular formula is C27H34ClN7O3. The van der Waals surface area contributed by atoms with Gasteiger partial charge in [-0.1, -0.05) is 23.7 Å². The van der Waals surface area contributed by atoms with Crippen molar-refractivity contribution in [2.45, 2.75) is 44.6 Å². The number of piperidine rings is 1. The van der Waals surface area contributed by atoms with E-state index in [2.05, 4.69) is 26.8 Å². The number of ether oxygens (including phenoxy) is 1. The third-order valence-electron chi connectivity index (χ3n) is 6.94. The van der Waals surface area contributed by atoms with Crippen molar-refractivity contribution in [3.8, 4) is 0 Å². The molecule has 0 spiro atoms. The highest BCUT2D eigenvalue weighted by Crippen LogP contribution is 2.37. The van der Waals surface area contributed by atoms with Crippen molar-refractivity contribution in [2.75, 3.05) is 43.0 Å². The molecule has 2 aliphatic heterocycles. The van der Waals surface area contributed by atoms with Crippen LogP contribution in [0.3, 0.4) is 0 Å². The molecule has 0 bridgehead atoms. The lowest BCUT2D eigenvalue weighted by atomic mass is 9.73. The van der Waals surface area contributed by atoms with Gasteiger partial charge >= 0.3 is 5.97 Å². The summed E-state index contributed by atoms with van der Waals surface area (Å²) < 4.78 is 7.16.